The first-order valence-electron chi connectivity index (χ1n) is 6.34. The molecule has 1 aromatic carbocycles. The number of nitro benzene ring substituents is 1. The lowest BCUT2D eigenvalue weighted by atomic mass is 10.2. The fraction of sp³-hybridized carbons (Fsp3) is 0.143. The molecule has 2 rings (SSSR count). The molecule has 114 valence electrons. The van der Waals surface area contributed by atoms with Crippen LogP contribution < -0.4 is 10.6 Å². The maximum Gasteiger partial charge on any atom is 0.313 e. The number of amides is 2. The number of nitro groups is 1. The second-order valence-electron chi connectivity index (χ2n) is 4.47. The molecule has 2 aromatic rings. The van der Waals surface area contributed by atoms with Crippen molar-refractivity contribution in [3.63, 3.8) is 0 Å². The van der Waals surface area contributed by atoms with Crippen molar-refractivity contribution < 1.29 is 14.5 Å². The molecule has 7 nitrogen and oxygen atoms in total. The van der Waals surface area contributed by atoms with Crippen LogP contribution in [0, 0.1) is 17.0 Å². The van der Waals surface area contributed by atoms with Crippen LogP contribution in [0.5, 0.6) is 0 Å². The Morgan fingerprint density at radius 1 is 1.27 bits per heavy atom. The number of rotatable bonds is 4. The number of hydrogen-bond acceptors (Lipinski definition) is 5. The summed E-state index contributed by atoms with van der Waals surface area (Å²) in [5.41, 5.74) is 0.718. The van der Waals surface area contributed by atoms with Crippen molar-refractivity contribution >= 4 is 34.5 Å². The van der Waals surface area contributed by atoms with Gasteiger partial charge in [-0.2, -0.15) is 0 Å². The Bertz CT molecular complexity index is 713. The van der Waals surface area contributed by atoms with Crippen molar-refractivity contribution in [2.24, 2.45) is 0 Å². The third-order valence-corrected chi connectivity index (χ3v) is 3.77. The summed E-state index contributed by atoms with van der Waals surface area (Å²) < 4.78 is 0. The van der Waals surface area contributed by atoms with Gasteiger partial charge in [-0.15, -0.1) is 11.3 Å². The molecule has 0 saturated carbocycles. The van der Waals surface area contributed by atoms with E-state index in [-0.39, 0.29) is 17.9 Å². The summed E-state index contributed by atoms with van der Waals surface area (Å²) in [6.45, 7) is 1.95. The van der Waals surface area contributed by atoms with Crippen LogP contribution in [0.3, 0.4) is 0 Å². The summed E-state index contributed by atoms with van der Waals surface area (Å²) in [6, 6.07) is 7.76. The summed E-state index contributed by atoms with van der Waals surface area (Å²) in [6.07, 6.45) is 0. The molecule has 0 aliphatic heterocycles. The van der Waals surface area contributed by atoms with E-state index >= 15 is 0 Å². The molecule has 0 radical (unpaired) electrons. The highest BCUT2D eigenvalue weighted by Crippen LogP contribution is 2.21. The molecule has 0 spiro atoms. The predicted molar refractivity (Wildman–Crippen MR) is 82.6 cm³/mol. The van der Waals surface area contributed by atoms with Gasteiger partial charge in [0.05, 0.1) is 17.2 Å². The quantitative estimate of drug-likeness (QED) is 0.512. The predicted octanol–water partition coefficient (Wildman–Crippen LogP) is 2.22. The van der Waals surface area contributed by atoms with Gasteiger partial charge < -0.3 is 10.6 Å². The van der Waals surface area contributed by atoms with E-state index in [1.165, 1.54) is 29.5 Å². The SMILES string of the molecule is Cc1ccc([N+](=O)[O-])cc1NC(=O)C(=O)NCc1cccs1. The first-order chi connectivity index (χ1) is 10.5. The zero-order valence-electron chi connectivity index (χ0n) is 11.7. The molecule has 0 fully saturated rings. The Labute approximate surface area is 130 Å². The van der Waals surface area contributed by atoms with Gasteiger partial charge in [-0.25, -0.2) is 0 Å². The Morgan fingerprint density at radius 3 is 2.68 bits per heavy atom. The van der Waals surface area contributed by atoms with Crippen LogP contribution in [0.15, 0.2) is 35.7 Å². The molecule has 0 atom stereocenters. The maximum absolute atomic E-state index is 11.8. The molecule has 0 bridgehead atoms. The number of aryl methyl sites for hydroxylation is 1. The van der Waals surface area contributed by atoms with E-state index in [1.54, 1.807) is 6.92 Å². The van der Waals surface area contributed by atoms with Crippen LogP contribution in [0.1, 0.15) is 10.4 Å². The lowest BCUT2D eigenvalue weighted by Crippen LogP contribution is -2.34. The van der Waals surface area contributed by atoms with Gasteiger partial charge >= 0.3 is 11.8 Å². The third-order valence-electron chi connectivity index (χ3n) is 2.89. The highest BCUT2D eigenvalue weighted by atomic mass is 32.1. The van der Waals surface area contributed by atoms with Crippen LogP contribution in [0.4, 0.5) is 11.4 Å². The van der Waals surface area contributed by atoms with Gasteiger partial charge in [0.2, 0.25) is 0 Å². The zero-order valence-corrected chi connectivity index (χ0v) is 12.5. The second kappa shape index (κ2) is 6.81. The van der Waals surface area contributed by atoms with Gasteiger partial charge in [0, 0.05) is 17.0 Å². The van der Waals surface area contributed by atoms with Crippen LogP contribution in [0.2, 0.25) is 0 Å². The minimum absolute atomic E-state index is 0.153. The fourth-order valence-electron chi connectivity index (χ4n) is 1.70. The molecule has 22 heavy (non-hydrogen) atoms. The van der Waals surface area contributed by atoms with Gasteiger partial charge in [-0.1, -0.05) is 12.1 Å². The number of anilines is 1. The lowest BCUT2D eigenvalue weighted by molar-refractivity contribution is -0.384. The van der Waals surface area contributed by atoms with Crippen molar-refractivity contribution in [2.75, 3.05) is 5.32 Å². The van der Waals surface area contributed by atoms with E-state index in [2.05, 4.69) is 10.6 Å². The van der Waals surface area contributed by atoms with Crippen LogP contribution >= 0.6 is 11.3 Å². The van der Waals surface area contributed by atoms with Crippen molar-refractivity contribution in [1.29, 1.82) is 0 Å². The maximum atomic E-state index is 11.8. The minimum Gasteiger partial charge on any atom is -0.343 e. The number of non-ortho nitro benzene ring substituents is 1. The van der Waals surface area contributed by atoms with Crippen molar-refractivity contribution in [2.45, 2.75) is 13.5 Å². The van der Waals surface area contributed by atoms with Crippen LogP contribution in [-0.2, 0) is 16.1 Å². The molecular weight excluding hydrogens is 306 g/mol. The summed E-state index contributed by atoms with van der Waals surface area (Å²) in [7, 11) is 0. The number of benzene rings is 1. The lowest BCUT2D eigenvalue weighted by Gasteiger charge is -2.08. The van der Waals surface area contributed by atoms with Crippen molar-refractivity contribution in [1.82, 2.24) is 5.32 Å². The molecular formula is C14H13N3O4S. The summed E-state index contributed by atoms with van der Waals surface area (Å²) in [5, 5.41) is 17.5. The number of hydrogen-bond donors (Lipinski definition) is 2. The van der Waals surface area contributed by atoms with Gasteiger partial charge in [-0.05, 0) is 23.9 Å². The Morgan fingerprint density at radius 2 is 2.05 bits per heavy atom. The topological polar surface area (TPSA) is 101 Å². The number of carbonyl (C=O) groups excluding carboxylic acids is 2. The molecule has 0 aliphatic carbocycles. The van der Waals surface area contributed by atoms with Gasteiger partial charge in [0.15, 0.2) is 0 Å². The number of carbonyl (C=O) groups is 2. The van der Waals surface area contributed by atoms with Gasteiger partial charge in [-0.3, -0.25) is 19.7 Å². The average molecular weight is 319 g/mol. The summed E-state index contributed by atoms with van der Waals surface area (Å²) in [5.74, 6) is -1.65. The first kappa shape index (κ1) is 15.6. The standard InChI is InChI=1S/C14H13N3O4S/c1-9-4-5-10(17(20)21)7-12(9)16-14(19)13(18)15-8-11-3-2-6-22-11/h2-7H,8H2,1H3,(H,15,18)(H,16,19). The number of thiophene rings is 1. The van der Waals surface area contributed by atoms with Crippen molar-refractivity contribution in [3.8, 4) is 0 Å². The van der Waals surface area contributed by atoms with E-state index < -0.39 is 16.7 Å². The average Bonchev–Trinajstić information content (AvgIpc) is 3.00. The Balaban J connectivity index is 2.00. The van der Waals surface area contributed by atoms with E-state index in [1.807, 2.05) is 17.5 Å². The van der Waals surface area contributed by atoms with Gasteiger partial charge in [0.1, 0.15) is 0 Å². The van der Waals surface area contributed by atoms with E-state index in [0.29, 0.717) is 5.56 Å². The summed E-state index contributed by atoms with van der Waals surface area (Å²) >= 11 is 1.47. The number of nitrogens with zero attached hydrogens (tertiary/aromatic N) is 1. The smallest absolute Gasteiger partial charge is 0.313 e. The molecule has 1 aromatic heterocycles. The minimum atomic E-state index is -0.861. The normalized spacial score (nSPS) is 10.0. The zero-order chi connectivity index (χ0) is 16.1. The molecule has 2 amide bonds. The van der Waals surface area contributed by atoms with Gasteiger partial charge in [0.25, 0.3) is 5.69 Å². The Kier molecular flexibility index (Phi) is 4.84. The molecule has 1 heterocycles. The molecule has 0 saturated heterocycles. The van der Waals surface area contributed by atoms with Crippen LogP contribution in [0.25, 0.3) is 0 Å². The van der Waals surface area contributed by atoms with Crippen LogP contribution in [-0.4, -0.2) is 16.7 Å². The Hall–Kier alpha value is -2.74. The second-order valence-corrected chi connectivity index (χ2v) is 5.50. The molecule has 2 N–H and O–H groups in total. The van der Waals surface area contributed by atoms with E-state index in [4.69, 9.17) is 0 Å². The highest BCUT2D eigenvalue weighted by Gasteiger charge is 2.16. The molecule has 0 aliphatic rings. The van der Waals surface area contributed by atoms with E-state index in [0.717, 1.165) is 4.88 Å². The summed E-state index contributed by atoms with van der Waals surface area (Å²) in [4.78, 5) is 34.6. The molecule has 0 unspecified atom stereocenters. The monoisotopic (exact) mass is 319 g/mol. The first-order valence-corrected chi connectivity index (χ1v) is 7.22. The largest absolute Gasteiger partial charge is 0.343 e. The fourth-order valence-corrected chi connectivity index (χ4v) is 2.34. The van der Waals surface area contributed by atoms with Crippen molar-refractivity contribution in [3.05, 3.63) is 56.3 Å². The number of nitrogens with one attached hydrogen (secondary N) is 2. The highest BCUT2D eigenvalue weighted by molar-refractivity contribution is 7.09. The third kappa shape index (κ3) is 3.89. The van der Waals surface area contributed by atoms with E-state index in [9.17, 15) is 19.7 Å². The molecule has 8 heteroatoms.